The first-order valence-electron chi connectivity index (χ1n) is 4.24. The molecule has 0 aliphatic heterocycles. The van der Waals surface area contributed by atoms with Gasteiger partial charge in [-0.05, 0) is 12.2 Å². The summed E-state index contributed by atoms with van der Waals surface area (Å²) in [6, 6.07) is -1.08. The molecule has 1 unspecified atom stereocenters. The van der Waals surface area contributed by atoms with E-state index in [1.807, 2.05) is 0 Å². The van der Waals surface area contributed by atoms with Crippen LogP contribution >= 0.6 is 0 Å². The van der Waals surface area contributed by atoms with Crippen LogP contribution in [0.2, 0.25) is 0 Å². The van der Waals surface area contributed by atoms with E-state index in [2.05, 4.69) is 5.32 Å². The van der Waals surface area contributed by atoms with E-state index in [4.69, 9.17) is 5.11 Å². The van der Waals surface area contributed by atoms with Gasteiger partial charge in [0.2, 0.25) is 6.20 Å². The number of nitrogens with one attached hydrogen (secondary N) is 1. The molecule has 16 heavy (non-hydrogen) atoms. The first-order chi connectivity index (χ1) is 7.52. The number of carbonyl (C=O) groups is 2. The third kappa shape index (κ3) is 2.77. The third-order valence-corrected chi connectivity index (χ3v) is 1.84. The van der Waals surface area contributed by atoms with Gasteiger partial charge in [-0.2, -0.15) is 0 Å². The minimum atomic E-state index is -1.25. The first-order valence-corrected chi connectivity index (χ1v) is 4.24. The molecule has 0 aromatic rings. The van der Waals surface area contributed by atoms with E-state index < -0.39 is 22.7 Å². The molecule has 84 valence electrons. The molecule has 2 N–H and O–H groups in total. The summed E-state index contributed by atoms with van der Waals surface area (Å²) in [5.74, 6) is -1.71. The minimum Gasteiger partial charge on any atom is -0.478 e. The van der Waals surface area contributed by atoms with Crippen molar-refractivity contribution in [2.75, 3.05) is 0 Å². The van der Waals surface area contributed by atoms with Crippen LogP contribution in [0.3, 0.4) is 0 Å². The van der Waals surface area contributed by atoms with Crippen LogP contribution in [-0.4, -0.2) is 27.8 Å². The Bertz CT molecular complexity index is 422. The molecule has 0 fully saturated rings. The fourth-order valence-corrected chi connectivity index (χ4v) is 1.16. The molecule has 0 aromatic carbocycles. The van der Waals surface area contributed by atoms with Gasteiger partial charge in [-0.1, -0.05) is 6.08 Å². The van der Waals surface area contributed by atoms with Crippen molar-refractivity contribution in [1.29, 1.82) is 0 Å². The van der Waals surface area contributed by atoms with Gasteiger partial charge >= 0.3 is 5.97 Å². The van der Waals surface area contributed by atoms with Gasteiger partial charge in [-0.25, -0.2) is 4.79 Å². The molecule has 0 spiro atoms. The van der Waals surface area contributed by atoms with Crippen molar-refractivity contribution in [3.63, 3.8) is 0 Å². The van der Waals surface area contributed by atoms with Gasteiger partial charge in [0.05, 0.1) is 16.7 Å². The van der Waals surface area contributed by atoms with E-state index in [0.717, 1.165) is 6.20 Å². The van der Waals surface area contributed by atoms with E-state index in [9.17, 15) is 19.7 Å². The number of carboxylic acid groups (broad SMARTS) is 1. The number of nitrogens with zero attached hydrogens (tertiary/aromatic N) is 1. The zero-order valence-corrected chi connectivity index (χ0v) is 7.99. The second-order valence-corrected chi connectivity index (χ2v) is 2.89. The quantitative estimate of drug-likeness (QED) is 0.507. The zero-order valence-electron chi connectivity index (χ0n) is 7.99. The Morgan fingerprint density at radius 3 is 2.88 bits per heavy atom. The maximum absolute atomic E-state index is 11.3. The maximum atomic E-state index is 11.3. The Morgan fingerprint density at radius 2 is 2.31 bits per heavy atom. The number of ketones is 1. The highest BCUT2D eigenvalue weighted by atomic mass is 16.6. The molecular weight excluding hydrogens is 216 g/mol. The summed E-state index contributed by atoms with van der Waals surface area (Å²) in [7, 11) is 0. The Labute approximate surface area is 89.9 Å². The van der Waals surface area contributed by atoms with Crippen molar-refractivity contribution in [2.24, 2.45) is 0 Å². The van der Waals surface area contributed by atoms with Crippen LogP contribution in [0.4, 0.5) is 0 Å². The Hall–Kier alpha value is -2.44. The van der Waals surface area contributed by atoms with Crippen LogP contribution < -0.4 is 5.32 Å². The van der Waals surface area contributed by atoms with E-state index >= 15 is 0 Å². The number of hydrogen-bond donors (Lipinski definition) is 2. The van der Waals surface area contributed by atoms with Crippen LogP contribution in [0.15, 0.2) is 36.2 Å². The summed E-state index contributed by atoms with van der Waals surface area (Å²) >= 11 is 0. The maximum Gasteiger partial charge on any atom is 0.334 e. The summed E-state index contributed by atoms with van der Waals surface area (Å²) < 4.78 is 0. The normalized spacial score (nSPS) is 19.6. The molecule has 1 rings (SSSR count). The van der Waals surface area contributed by atoms with Gasteiger partial charge in [0.15, 0.2) is 5.78 Å². The van der Waals surface area contributed by atoms with Gasteiger partial charge in [0.25, 0.3) is 0 Å². The SMILES string of the molecule is O=C(O)C1=CC=CC(=O)C1NC=C[N+](=O)[O-]. The number of allylic oxidation sites excluding steroid dienone is 2. The average molecular weight is 224 g/mol. The van der Waals surface area contributed by atoms with E-state index in [-0.39, 0.29) is 5.57 Å². The number of carbonyl (C=O) groups excluding carboxylic acids is 1. The second-order valence-electron chi connectivity index (χ2n) is 2.89. The molecule has 0 saturated carbocycles. The van der Waals surface area contributed by atoms with Gasteiger partial charge in [-0.3, -0.25) is 14.9 Å². The smallest absolute Gasteiger partial charge is 0.334 e. The van der Waals surface area contributed by atoms with Crippen LogP contribution in [0.25, 0.3) is 0 Å². The van der Waals surface area contributed by atoms with E-state index in [1.54, 1.807) is 0 Å². The molecule has 1 aliphatic rings. The standard InChI is InChI=1S/C9H8N2O5/c12-7-3-1-2-6(9(13)14)8(7)10-4-5-11(15)16/h1-5,8,10H,(H,13,14). The lowest BCUT2D eigenvalue weighted by atomic mass is 9.98. The second kappa shape index (κ2) is 4.87. The van der Waals surface area contributed by atoms with Crippen molar-refractivity contribution in [1.82, 2.24) is 5.32 Å². The number of aliphatic carboxylic acids is 1. The summed E-state index contributed by atoms with van der Waals surface area (Å²) in [6.45, 7) is 0. The Kier molecular flexibility index (Phi) is 3.54. The van der Waals surface area contributed by atoms with Crippen LogP contribution in [-0.2, 0) is 9.59 Å². The monoisotopic (exact) mass is 224 g/mol. The molecule has 0 aromatic heterocycles. The van der Waals surface area contributed by atoms with Gasteiger partial charge < -0.3 is 10.4 Å². The molecule has 0 amide bonds. The van der Waals surface area contributed by atoms with Crippen molar-refractivity contribution in [3.05, 3.63) is 46.3 Å². The van der Waals surface area contributed by atoms with Crippen molar-refractivity contribution in [2.45, 2.75) is 6.04 Å². The third-order valence-electron chi connectivity index (χ3n) is 1.84. The van der Waals surface area contributed by atoms with Crippen molar-refractivity contribution >= 4 is 11.8 Å². The van der Waals surface area contributed by atoms with Gasteiger partial charge in [-0.15, -0.1) is 0 Å². The summed E-state index contributed by atoms with van der Waals surface area (Å²) in [4.78, 5) is 31.3. The van der Waals surface area contributed by atoms with Crippen LogP contribution in [0, 0.1) is 10.1 Å². The minimum absolute atomic E-state index is 0.152. The van der Waals surface area contributed by atoms with Gasteiger partial charge in [0, 0.05) is 0 Å². The molecule has 7 nitrogen and oxygen atoms in total. The molecule has 1 aliphatic carbocycles. The predicted octanol–water partition coefficient (Wildman–Crippen LogP) is -0.158. The Balaban J connectivity index is 2.80. The lowest BCUT2D eigenvalue weighted by Crippen LogP contribution is -2.38. The molecule has 7 heteroatoms. The molecule has 0 saturated heterocycles. The lowest BCUT2D eigenvalue weighted by molar-refractivity contribution is -0.402. The van der Waals surface area contributed by atoms with Crippen molar-refractivity contribution < 1.29 is 19.6 Å². The van der Waals surface area contributed by atoms with Crippen LogP contribution in [0.1, 0.15) is 0 Å². The highest BCUT2D eigenvalue weighted by Crippen LogP contribution is 2.10. The summed E-state index contributed by atoms with van der Waals surface area (Å²) in [5, 5.41) is 21.1. The first kappa shape index (κ1) is 11.6. The summed E-state index contributed by atoms with van der Waals surface area (Å²) in [6.07, 6.45) is 5.30. The van der Waals surface area contributed by atoms with Gasteiger partial charge in [0.1, 0.15) is 6.04 Å². The zero-order chi connectivity index (χ0) is 12.1. The largest absolute Gasteiger partial charge is 0.478 e. The van der Waals surface area contributed by atoms with E-state index in [1.165, 1.54) is 18.2 Å². The molecular formula is C9H8N2O5. The number of carboxylic acids is 1. The highest BCUT2D eigenvalue weighted by molar-refractivity contribution is 6.06. The topological polar surface area (TPSA) is 110 Å². The van der Waals surface area contributed by atoms with Crippen molar-refractivity contribution in [3.8, 4) is 0 Å². The molecule has 0 radical (unpaired) electrons. The number of rotatable bonds is 4. The predicted molar refractivity (Wildman–Crippen MR) is 52.9 cm³/mol. The summed E-state index contributed by atoms with van der Waals surface area (Å²) in [5.41, 5.74) is -0.152. The lowest BCUT2D eigenvalue weighted by Gasteiger charge is -2.16. The molecule has 0 heterocycles. The number of nitro groups is 1. The molecule has 1 atom stereocenters. The number of hydrogen-bond acceptors (Lipinski definition) is 5. The fraction of sp³-hybridized carbons (Fsp3) is 0.111. The Morgan fingerprint density at radius 1 is 1.62 bits per heavy atom. The molecule has 0 bridgehead atoms. The van der Waals surface area contributed by atoms with E-state index in [0.29, 0.717) is 6.20 Å². The van der Waals surface area contributed by atoms with Crippen LogP contribution in [0.5, 0.6) is 0 Å². The average Bonchev–Trinajstić information content (AvgIpc) is 2.19. The fourth-order valence-electron chi connectivity index (χ4n) is 1.16. The highest BCUT2D eigenvalue weighted by Gasteiger charge is 2.26.